The van der Waals surface area contributed by atoms with Gasteiger partial charge in [-0.15, -0.1) is 0 Å². The molecule has 122 valence electrons. The lowest BCUT2D eigenvalue weighted by atomic mass is 9.95. The van der Waals surface area contributed by atoms with Gasteiger partial charge in [-0.25, -0.2) is 8.42 Å². The topological polar surface area (TPSA) is 66.5 Å². The fraction of sp³-hybridized carbons (Fsp3) is 0.562. The number of sulfonamides is 1. The van der Waals surface area contributed by atoms with Gasteiger partial charge in [0, 0.05) is 13.1 Å². The number of benzene rings is 1. The predicted molar refractivity (Wildman–Crippen MR) is 88.4 cm³/mol. The summed E-state index contributed by atoms with van der Waals surface area (Å²) in [6, 6.07) is 6.82. The molecule has 1 fully saturated rings. The van der Waals surface area contributed by atoms with Gasteiger partial charge in [0.15, 0.2) is 0 Å². The quantitative estimate of drug-likeness (QED) is 0.905. The number of hydrogen-bond donors (Lipinski definition) is 1. The average molecular weight is 324 g/mol. The van der Waals surface area contributed by atoms with Gasteiger partial charge in [-0.2, -0.15) is 0 Å². The monoisotopic (exact) mass is 324 g/mol. The van der Waals surface area contributed by atoms with Crippen LogP contribution >= 0.6 is 0 Å². The van der Waals surface area contributed by atoms with E-state index in [2.05, 4.69) is 11.6 Å². The van der Waals surface area contributed by atoms with Crippen LogP contribution in [0, 0.1) is 5.92 Å². The first-order valence-electron chi connectivity index (χ1n) is 7.85. The molecule has 0 radical (unpaired) electrons. The Labute approximate surface area is 132 Å². The highest BCUT2D eigenvalue weighted by molar-refractivity contribution is 7.92. The number of hydrogen-bond acceptors (Lipinski definition) is 3. The van der Waals surface area contributed by atoms with Crippen molar-refractivity contribution in [3.05, 3.63) is 29.8 Å². The van der Waals surface area contributed by atoms with Crippen LogP contribution in [0.25, 0.3) is 0 Å². The van der Waals surface area contributed by atoms with Gasteiger partial charge in [-0.3, -0.25) is 9.52 Å². The fourth-order valence-corrected chi connectivity index (χ4v) is 3.41. The van der Waals surface area contributed by atoms with Gasteiger partial charge in [-0.05, 0) is 37.8 Å². The van der Waals surface area contributed by atoms with E-state index in [1.54, 1.807) is 31.2 Å². The number of anilines is 1. The summed E-state index contributed by atoms with van der Waals surface area (Å²) >= 11 is 0. The average Bonchev–Trinajstić information content (AvgIpc) is 2.54. The zero-order valence-corrected chi connectivity index (χ0v) is 14.0. The molecule has 1 saturated heterocycles. The van der Waals surface area contributed by atoms with E-state index < -0.39 is 10.0 Å². The van der Waals surface area contributed by atoms with E-state index >= 15 is 0 Å². The standard InChI is InChI=1S/C16H24N2O3S/c1-3-13-8-7-11-18(12-13)16(19)14-9-5-6-10-15(14)17-22(20,21)4-2/h5-6,9-10,13,17H,3-4,7-8,11-12H2,1-2H3/t13-/m0/s1. The van der Waals surface area contributed by atoms with Crippen molar-refractivity contribution >= 4 is 21.6 Å². The van der Waals surface area contributed by atoms with Crippen LogP contribution in [-0.4, -0.2) is 38.1 Å². The van der Waals surface area contributed by atoms with Crippen molar-refractivity contribution < 1.29 is 13.2 Å². The molecule has 0 spiro atoms. The van der Waals surface area contributed by atoms with Crippen LogP contribution in [0.1, 0.15) is 43.5 Å². The lowest BCUT2D eigenvalue weighted by molar-refractivity contribution is 0.0672. The molecule has 1 aromatic rings. The molecule has 0 unspecified atom stereocenters. The summed E-state index contributed by atoms with van der Waals surface area (Å²) in [5.41, 5.74) is 0.796. The van der Waals surface area contributed by atoms with E-state index in [4.69, 9.17) is 0 Å². The molecule has 1 atom stereocenters. The van der Waals surface area contributed by atoms with E-state index in [1.165, 1.54) is 0 Å². The molecule has 1 heterocycles. The normalized spacial score (nSPS) is 19.0. The lowest BCUT2D eigenvalue weighted by Crippen LogP contribution is -2.40. The highest BCUT2D eigenvalue weighted by atomic mass is 32.2. The number of nitrogens with one attached hydrogen (secondary N) is 1. The van der Waals surface area contributed by atoms with Crippen molar-refractivity contribution in [2.45, 2.75) is 33.1 Å². The molecule has 1 aliphatic rings. The number of nitrogens with zero attached hydrogens (tertiary/aromatic N) is 1. The smallest absolute Gasteiger partial charge is 0.255 e. The minimum atomic E-state index is -3.40. The van der Waals surface area contributed by atoms with E-state index in [1.807, 2.05) is 4.90 Å². The molecule has 0 aliphatic carbocycles. The number of likely N-dealkylation sites (tertiary alicyclic amines) is 1. The summed E-state index contributed by atoms with van der Waals surface area (Å²) in [6.07, 6.45) is 3.23. The molecule has 0 saturated carbocycles. The zero-order chi connectivity index (χ0) is 16.2. The van der Waals surface area contributed by atoms with E-state index in [0.717, 1.165) is 32.4 Å². The molecule has 5 nitrogen and oxygen atoms in total. The van der Waals surface area contributed by atoms with Crippen molar-refractivity contribution in [3.8, 4) is 0 Å². The van der Waals surface area contributed by atoms with Gasteiger partial charge >= 0.3 is 0 Å². The fourth-order valence-electron chi connectivity index (χ4n) is 2.75. The molecule has 1 amide bonds. The minimum absolute atomic E-state index is 0.0167. The Morgan fingerprint density at radius 1 is 1.32 bits per heavy atom. The third-order valence-electron chi connectivity index (χ3n) is 4.19. The summed E-state index contributed by atoms with van der Waals surface area (Å²) in [4.78, 5) is 14.6. The molecule has 2 rings (SSSR count). The number of para-hydroxylation sites is 1. The zero-order valence-electron chi connectivity index (χ0n) is 13.2. The van der Waals surface area contributed by atoms with Crippen LogP contribution < -0.4 is 4.72 Å². The Morgan fingerprint density at radius 3 is 2.73 bits per heavy atom. The Bertz CT molecular complexity index is 628. The SMILES string of the molecule is CC[C@H]1CCCN(C(=O)c2ccccc2NS(=O)(=O)CC)C1. The van der Waals surface area contributed by atoms with Crippen molar-refractivity contribution in [1.29, 1.82) is 0 Å². The Hall–Kier alpha value is -1.56. The maximum absolute atomic E-state index is 12.7. The first-order valence-corrected chi connectivity index (χ1v) is 9.50. The van der Waals surface area contributed by atoms with Crippen LogP contribution in [0.4, 0.5) is 5.69 Å². The number of piperidine rings is 1. The maximum Gasteiger partial charge on any atom is 0.255 e. The highest BCUT2D eigenvalue weighted by Gasteiger charge is 2.25. The third kappa shape index (κ3) is 4.00. The van der Waals surface area contributed by atoms with E-state index in [9.17, 15) is 13.2 Å². The van der Waals surface area contributed by atoms with Crippen molar-refractivity contribution in [2.24, 2.45) is 5.92 Å². The second kappa shape index (κ2) is 7.13. The number of carbonyl (C=O) groups is 1. The summed E-state index contributed by atoms with van der Waals surface area (Å²) in [6.45, 7) is 5.21. The first kappa shape index (κ1) is 16.8. The molecule has 1 aliphatic heterocycles. The second-order valence-electron chi connectivity index (χ2n) is 5.72. The summed E-state index contributed by atoms with van der Waals surface area (Å²) in [5, 5.41) is 0. The maximum atomic E-state index is 12.7. The van der Waals surface area contributed by atoms with Gasteiger partial charge in [0.2, 0.25) is 10.0 Å². The van der Waals surface area contributed by atoms with Gasteiger partial charge in [0.1, 0.15) is 0 Å². The molecular formula is C16H24N2O3S. The van der Waals surface area contributed by atoms with Crippen LogP contribution in [0.15, 0.2) is 24.3 Å². The van der Waals surface area contributed by atoms with Crippen LogP contribution in [-0.2, 0) is 10.0 Å². The number of amides is 1. The van der Waals surface area contributed by atoms with Crippen molar-refractivity contribution in [2.75, 3.05) is 23.6 Å². The van der Waals surface area contributed by atoms with Gasteiger partial charge in [0.25, 0.3) is 5.91 Å². The number of rotatable bonds is 5. The van der Waals surface area contributed by atoms with Gasteiger partial charge in [-0.1, -0.05) is 25.5 Å². The molecule has 1 aromatic carbocycles. The second-order valence-corrected chi connectivity index (χ2v) is 7.73. The van der Waals surface area contributed by atoms with E-state index in [0.29, 0.717) is 17.2 Å². The molecule has 0 aromatic heterocycles. The first-order chi connectivity index (χ1) is 10.5. The van der Waals surface area contributed by atoms with E-state index in [-0.39, 0.29) is 11.7 Å². The third-order valence-corrected chi connectivity index (χ3v) is 5.48. The number of carbonyl (C=O) groups excluding carboxylic acids is 1. The Balaban J connectivity index is 2.23. The summed E-state index contributed by atoms with van der Waals surface area (Å²) in [5.74, 6) is 0.432. The molecule has 6 heteroatoms. The predicted octanol–water partition coefficient (Wildman–Crippen LogP) is 2.71. The van der Waals surface area contributed by atoms with Crippen LogP contribution in [0.2, 0.25) is 0 Å². The molecule has 22 heavy (non-hydrogen) atoms. The minimum Gasteiger partial charge on any atom is -0.338 e. The Morgan fingerprint density at radius 2 is 2.05 bits per heavy atom. The van der Waals surface area contributed by atoms with Crippen LogP contribution in [0.5, 0.6) is 0 Å². The highest BCUT2D eigenvalue weighted by Crippen LogP contribution is 2.24. The Kier molecular flexibility index (Phi) is 5.45. The molecule has 0 bridgehead atoms. The molecule has 1 N–H and O–H groups in total. The lowest BCUT2D eigenvalue weighted by Gasteiger charge is -2.32. The van der Waals surface area contributed by atoms with Crippen molar-refractivity contribution in [1.82, 2.24) is 4.90 Å². The largest absolute Gasteiger partial charge is 0.338 e. The summed E-state index contributed by atoms with van der Waals surface area (Å²) in [7, 11) is -3.40. The van der Waals surface area contributed by atoms with Crippen molar-refractivity contribution in [3.63, 3.8) is 0 Å². The van der Waals surface area contributed by atoms with Crippen LogP contribution in [0.3, 0.4) is 0 Å². The summed E-state index contributed by atoms with van der Waals surface area (Å²) < 4.78 is 26.1. The van der Waals surface area contributed by atoms with Gasteiger partial charge in [0.05, 0.1) is 17.0 Å². The van der Waals surface area contributed by atoms with Gasteiger partial charge < -0.3 is 4.90 Å². The molecular weight excluding hydrogens is 300 g/mol.